The molecule has 2 rings (SSSR count). The second-order valence-electron chi connectivity index (χ2n) is 14.7. The van der Waals surface area contributed by atoms with Crippen molar-refractivity contribution < 1.29 is 28.6 Å². The van der Waals surface area contributed by atoms with Crippen LogP contribution in [-0.4, -0.2) is 42.7 Å². The van der Waals surface area contributed by atoms with Gasteiger partial charge in [0.15, 0.2) is 0 Å². The van der Waals surface area contributed by atoms with Crippen LogP contribution < -0.4 is 5.32 Å². The molecule has 0 radical (unpaired) electrons. The summed E-state index contributed by atoms with van der Waals surface area (Å²) in [4.78, 5) is 39.1. The Morgan fingerprint density at radius 2 is 1.34 bits per heavy atom. The number of benzene rings is 2. The average molecular weight is 726 g/mol. The van der Waals surface area contributed by atoms with Crippen LogP contribution >= 0.6 is 0 Å². The van der Waals surface area contributed by atoms with E-state index in [4.69, 9.17) is 14.2 Å². The number of ether oxygens (including phenoxy) is 3. The molecule has 2 aromatic carbocycles. The summed E-state index contributed by atoms with van der Waals surface area (Å²) in [5.41, 5.74) is 1.30. The molecule has 0 saturated carbocycles. The van der Waals surface area contributed by atoms with Crippen LogP contribution in [0.15, 0.2) is 115 Å². The maximum absolute atomic E-state index is 13.9. The average Bonchev–Trinajstić information content (AvgIpc) is 3.11. The normalized spacial score (nSPS) is 13.7. The van der Waals surface area contributed by atoms with Crippen LogP contribution in [0.4, 0.5) is 0 Å². The first-order valence-electron chi connectivity index (χ1n) is 19.0. The van der Waals surface area contributed by atoms with Crippen molar-refractivity contribution in [2.75, 3.05) is 13.2 Å². The number of allylic oxidation sites excluding steroid dienone is 10. The Morgan fingerprint density at radius 1 is 0.736 bits per heavy atom. The van der Waals surface area contributed by atoms with E-state index in [1.54, 1.807) is 20.8 Å². The lowest BCUT2D eigenvalue weighted by Gasteiger charge is -2.36. The Balaban J connectivity index is 2.00. The summed E-state index contributed by atoms with van der Waals surface area (Å²) < 4.78 is 17.9. The highest BCUT2D eigenvalue weighted by atomic mass is 16.6. The van der Waals surface area contributed by atoms with Gasteiger partial charge < -0.3 is 19.5 Å². The van der Waals surface area contributed by atoms with Crippen molar-refractivity contribution in [1.29, 1.82) is 0 Å². The minimum Gasteiger partial charge on any atom is -0.465 e. The van der Waals surface area contributed by atoms with Crippen LogP contribution in [0.5, 0.6) is 0 Å². The maximum Gasteiger partial charge on any atom is 0.308 e. The summed E-state index contributed by atoms with van der Waals surface area (Å²) in [5, 5.41) is 2.87. The molecule has 0 aliphatic carbocycles. The summed E-state index contributed by atoms with van der Waals surface area (Å²) in [5.74, 6) is -1.13. The molecule has 1 amide bonds. The van der Waals surface area contributed by atoms with Gasteiger partial charge in [0.05, 0.1) is 13.0 Å². The number of unbranched alkanes of at least 4 members (excludes halogenated alkanes) is 1. The van der Waals surface area contributed by atoms with Crippen molar-refractivity contribution >= 4 is 17.8 Å². The van der Waals surface area contributed by atoms with Crippen molar-refractivity contribution in [3.05, 3.63) is 132 Å². The second kappa shape index (κ2) is 24.7. The second-order valence-corrected chi connectivity index (χ2v) is 14.7. The number of hydrogen-bond donors (Lipinski definition) is 1. The molecule has 0 saturated heterocycles. The van der Waals surface area contributed by atoms with Gasteiger partial charge in [0.25, 0.3) is 0 Å². The molecule has 0 aromatic heterocycles. The molecule has 0 bridgehead atoms. The van der Waals surface area contributed by atoms with Gasteiger partial charge in [-0.3, -0.25) is 14.4 Å². The van der Waals surface area contributed by atoms with Crippen LogP contribution in [0.25, 0.3) is 0 Å². The van der Waals surface area contributed by atoms with Crippen LogP contribution in [0.1, 0.15) is 116 Å². The third kappa shape index (κ3) is 19.2. The van der Waals surface area contributed by atoms with Crippen molar-refractivity contribution in [2.45, 2.75) is 118 Å². The van der Waals surface area contributed by atoms with E-state index in [2.05, 4.69) is 54.8 Å². The largest absolute Gasteiger partial charge is 0.465 e. The Morgan fingerprint density at radius 3 is 1.98 bits per heavy atom. The molecule has 288 valence electrons. The molecule has 0 aliphatic rings. The number of carbonyl (C=O) groups is 3. The van der Waals surface area contributed by atoms with E-state index in [0.29, 0.717) is 6.42 Å². The lowest BCUT2D eigenvalue weighted by molar-refractivity contribution is -0.160. The zero-order valence-electron chi connectivity index (χ0n) is 33.1. The zero-order chi connectivity index (χ0) is 39.0. The molecule has 2 aromatic rings. The predicted molar refractivity (Wildman–Crippen MR) is 216 cm³/mol. The quantitative estimate of drug-likeness (QED) is 0.0531. The predicted octanol–water partition coefficient (Wildman–Crippen LogP) is 10.4. The van der Waals surface area contributed by atoms with Crippen molar-refractivity contribution in [3.63, 3.8) is 0 Å². The van der Waals surface area contributed by atoms with E-state index in [9.17, 15) is 14.4 Å². The highest BCUT2D eigenvalue weighted by Crippen LogP contribution is 2.35. The monoisotopic (exact) mass is 725 g/mol. The van der Waals surface area contributed by atoms with Crippen molar-refractivity contribution in [2.24, 2.45) is 5.41 Å². The van der Waals surface area contributed by atoms with Crippen molar-refractivity contribution in [1.82, 2.24) is 5.32 Å². The molecule has 0 spiro atoms. The van der Waals surface area contributed by atoms with Gasteiger partial charge in [-0.2, -0.15) is 0 Å². The first-order chi connectivity index (χ1) is 25.3. The molecule has 53 heavy (non-hydrogen) atoms. The van der Waals surface area contributed by atoms with Gasteiger partial charge in [-0.1, -0.05) is 136 Å². The SMILES string of the molecule is CCC=CCC=CCC=CCC=CC=CCCCC(=O)OCC(C)(C)C(OC(c1ccccc1)c1ccccc1C)C(=O)NCCC(=O)OC(C)(C)C. The topological polar surface area (TPSA) is 90.9 Å². The number of hydrogen-bond acceptors (Lipinski definition) is 6. The Bertz CT molecular complexity index is 1530. The van der Waals surface area contributed by atoms with Gasteiger partial charge in [0, 0.05) is 18.4 Å². The van der Waals surface area contributed by atoms with E-state index in [-0.39, 0.29) is 32.0 Å². The Kier molecular flexibility index (Phi) is 20.8. The van der Waals surface area contributed by atoms with Gasteiger partial charge in [0.1, 0.15) is 17.8 Å². The van der Waals surface area contributed by atoms with E-state index in [1.165, 1.54) is 0 Å². The van der Waals surface area contributed by atoms with Gasteiger partial charge in [0.2, 0.25) is 5.91 Å². The first kappa shape index (κ1) is 44.7. The summed E-state index contributed by atoms with van der Waals surface area (Å²) in [6.45, 7) is 13.3. The number of esters is 2. The number of nitrogens with one attached hydrogen (secondary N) is 1. The van der Waals surface area contributed by atoms with Gasteiger partial charge >= 0.3 is 11.9 Å². The summed E-state index contributed by atoms with van der Waals surface area (Å²) in [6, 6.07) is 17.7. The lowest BCUT2D eigenvalue weighted by atomic mass is 9.85. The Hall–Kier alpha value is -4.49. The Labute approximate surface area is 319 Å². The molecule has 0 heterocycles. The maximum atomic E-state index is 13.9. The molecular weight excluding hydrogens is 663 g/mol. The fourth-order valence-corrected chi connectivity index (χ4v) is 5.34. The summed E-state index contributed by atoms with van der Waals surface area (Å²) in [7, 11) is 0. The van der Waals surface area contributed by atoms with E-state index < -0.39 is 35.1 Å². The number of carbonyl (C=O) groups excluding carboxylic acids is 3. The third-order valence-corrected chi connectivity index (χ3v) is 8.13. The molecule has 0 fully saturated rings. The van der Waals surface area contributed by atoms with Crippen LogP contribution in [0.2, 0.25) is 0 Å². The molecule has 0 aliphatic heterocycles. The lowest BCUT2D eigenvalue weighted by Crippen LogP contribution is -2.49. The van der Waals surface area contributed by atoms with Gasteiger partial charge in [-0.25, -0.2) is 0 Å². The fourth-order valence-electron chi connectivity index (χ4n) is 5.34. The standard InChI is InChI=1S/C46H63NO6/c1-8-9-10-11-12-13-14-15-16-17-18-19-20-21-22-26-33-40(48)51-36-46(6,7)43(44(50)47-35-34-41(49)53-45(3,4)5)52-42(38-30-24-23-25-31-38)39-32-28-27-29-37(39)2/h9-10,12-13,15-16,18-21,23-25,27-32,42-43H,8,11,14,17,22,26,33-36H2,1-7H3,(H,47,50). The molecule has 7 nitrogen and oxygen atoms in total. The fraction of sp³-hybridized carbons (Fsp3) is 0.457. The van der Waals surface area contributed by atoms with E-state index in [1.807, 2.05) is 93.6 Å². The van der Waals surface area contributed by atoms with Gasteiger partial charge in [-0.15, -0.1) is 0 Å². The smallest absolute Gasteiger partial charge is 0.308 e. The van der Waals surface area contributed by atoms with E-state index in [0.717, 1.165) is 48.8 Å². The minimum atomic E-state index is -1.02. The highest BCUT2D eigenvalue weighted by molar-refractivity contribution is 5.82. The summed E-state index contributed by atoms with van der Waals surface area (Å²) in [6.07, 6.45) is 25.2. The molecular formula is C46H63NO6. The highest BCUT2D eigenvalue weighted by Gasteiger charge is 2.40. The first-order valence-corrected chi connectivity index (χ1v) is 19.0. The van der Waals surface area contributed by atoms with Gasteiger partial charge in [-0.05, 0) is 82.9 Å². The molecule has 2 atom stereocenters. The van der Waals surface area contributed by atoms with Crippen LogP contribution in [0.3, 0.4) is 0 Å². The zero-order valence-corrected chi connectivity index (χ0v) is 33.1. The number of amides is 1. The molecule has 2 unspecified atom stereocenters. The summed E-state index contributed by atoms with van der Waals surface area (Å²) >= 11 is 0. The molecule has 7 heteroatoms. The van der Waals surface area contributed by atoms with E-state index >= 15 is 0 Å². The minimum absolute atomic E-state index is 0.0157. The molecule has 1 N–H and O–H groups in total. The number of rotatable bonds is 23. The van der Waals surface area contributed by atoms with Crippen LogP contribution in [-0.2, 0) is 28.6 Å². The third-order valence-electron chi connectivity index (χ3n) is 8.13. The van der Waals surface area contributed by atoms with Crippen LogP contribution in [0, 0.1) is 12.3 Å². The number of aryl methyl sites for hydroxylation is 1. The van der Waals surface area contributed by atoms with Crippen molar-refractivity contribution in [3.8, 4) is 0 Å².